The van der Waals surface area contributed by atoms with Gasteiger partial charge in [-0.15, -0.1) is 0 Å². The number of anilines is 3. The number of hydrogen-bond acceptors (Lipinski definition) is 5. The predicted octanol–water partition coefficient (Wildman–Crippen LogP) is 4.13. The van der Waals surface area contributed by atoms with Crippen LogP contribution in [0.1, 0.15) is 36.7 Å². The van der Waals surface area contributed by atoms with Gasteiger partial charge in [0.15, 0.2) is 0 Å². The first-order valence-electron chi connectivity index (χ1n) is 8.44. The fraction of sp³-hybridized carbons (Fsp3) is 0.421. The van der Waals surface area contributed by atoms with Crippen LogP contribution in [0.2, 0.25) is 0 Å². The standard InChI is InChI=1S/C19H26BrN5O/c1-12-7-8-13(17(26)21-5)9-15(12)23-16-14(20)10-22-18(24-16)25(6)11-19(2,3)4/h7-10H,11H2,1-6H3,(H,21,26)(H,22,23,24). The lowest BCUT2D eigenvalue weighted by molar-refractivity contribution is 0.0963. The first-order chi connectivity index (χ1) is 12.1. The number of benzene rings is 1. The molecule has 0 saturated carbocycles. The van der Waals surface area contributed by atoms with Crippen LogP contribution < -0.4 is 15.5 Å². The second kappa shape index (κ2) is 8.03. The van der Waals surface area contributed by atoms with E-state index in [1.807, 2.05) is 31.0 Å². The summed E-state index contributed by atoms with van der Waals surface area (Å²) in [5.41, 5.74) is 2.58. The summed E-state index contributed by atoms with van der Waals surface area (Å²) in [4.78, 5) is 23.0. The van der Waals surface area contributed by atoms with E-state index in [-0.39, 0.29) is 11.3 Å². The van der Waals surface area contributed by atoms with Crippen LogP contribution in [-0.2, 0) is 0 Å². The zero-order valence-electron chi connectivity index (χ0n) is 16.1. The molecule has 6 nitrogen and oxygen atoms in total. The van der Waals surface area contributed by atoms with Crippen molar-refractivity contribution in [2.45, 2.75) is 27.7 Å². The first-order valence-corrected chi connectivity index (χ1v) is 9.23. The summed E-state index contributed by atoms with van der Waals surface area (Å²) in [6.07, 6.45) is 1.74. The maximum absolute atomic E-state index is 11.9. The van der Waals surface area contributed by atoms with Gasteiger partial charge in [0.05, 0.1) is 4.47 Å². The molecule has 2 rings (SSSR count). The van der Waals surface area contributed by atoms with E-state index in [4.69, 9.17) is 0 Å². The lowest BCUT2D eigenvalue weighted by Gasteiger charge is -2.27. The average molecular weight is 420 g/mol. The average Bonchev–Trinajstić information content (AvgIpc) is 2.56. The van der Waals surface area contributed by atoms with Crippen molar-refractivity contribution in [1.29, 1.82) is 0 Å². The topological polar surface area (TPSA) is 70.2 Å². The number of nitrogens with one attached hydrogen (secondary N) is 2. The van der Waals surface area contributed by atoms with Crippen LogP contribution in [0.3, 0.4) is 0 Å². The van der Waals surface area contributed by atoms with E-state index < -0.39 is 0 Å². The van der Waals surface area contributed by atoms with Crippen LogP contribution in [0.5, 0.6) is 0 Å². The molecule has 0 radical (unpaired) electrons. The monoisotopic (exact) mass is 419 g/mol. The summed E-state index contributed by atoms with van der Waals surface area (Å²) < 4.78 is 0.759. The third kappa shape index (κ3) is 5.17. The third-order valence-electron chi connectivity index (χ3n) is 3.76. The lowest BCUT2D eigenvalue weighted by Crippen LogP contribution is -2.30. The van der Waals surface area contributed by atoms with Gasteiger partial charge in [-0.1, -0.05) is 26.8 Å². The Morgan fingerprint density at radius 2 is 2.00 bits per heavy atom. The van der Waals surface area contributed by atoms with Crippen LogP contribution in [0.4, 0.5) is 17.5 Å². The van der Waals surface area contributed by atoms with Crippen molar-refractivity contribution in [3.05, 3.63) is 40.0 Å². The Kier molecular flexibility index (Phi) is 6.23. The van der Waals surface area contributed by atoms with Crippen molar-refractivity contribution < 1.29 is 4.79 Å². The number of carbonyl (C=O) groups is 1. The van der Waals surface area contributed by atoms with Crippen LogP contribution in [0.25, 0.3) is 0 Å². The molecular formula is C19H26BrN5O. The van der Waals surface area contributed by atoms with E-state index in [0.29, 0.717) is 17.3 Å². The maximum atomic E-state index is 11.9. The van der Waals surface area contributed by atoms with Crippen molar-refractivity contribution >= 4 is 39.3 Å². The summed E-state index contributed by atoms with van der Waals surface area (Å²) in [6, 6.07) is 5.53. The normalized spacial score (nSPS) is 11.2. The summed E-state index contributed by atoms with van der Waals surface area (Å²) in [5.74, 6) is 1.18. The second-order valence-electron chi connectivity index (χ2n) is 7.52. The number of halogens is 1. The Morgan fingerprint density at radius 3 is 2.62 bits per heavy atom. The largest absolute Gasteiger partial charge is 0.355 e. The molecule has 1 aromatic heterocycles. The van der Waals surface area contributed by atoms with E-state index in [1.165, 1.54) is 0 Å². The van der Waals surface area contributed by atoms with Crippen molar-refractivity contribution in [2.24, 2.45) is 5.41 Å². The number of amides is 1. The fourth-order valence-electron chi connectivity index (χ4n) is 2.58. The zero-order valence-corrected chi connectivity index (χ0v) is 17.7. The predicted molar refractivity (Wildman–Crippen MR) is 110 cm³/mol. The smallest absolute Gasteiger partial charge is 0.251 e. The second-order valence-corrected chi connectivity index (χ2v) is 8.37. The quantitative estimate of drug-likeness (QED) is 0.761. The van der Waals surface area contributed by atoms with Gasteiger partial charge < -0.3 is 15.5 Å². The maximum Gasteiger partial charge on any atom is 0.251 e. The number of carbonyl (C=O) groups excluding carboxylic acids is 1. The highest BCUT2D eigenvalue weighted by atomic mass is 79.9. The van der Waals surface area contributed by atoms with Crippen LogP contribution >= 0.6 is 15.9 Å². The highest BCUT2D eigenvalue weighted by Gasteiger charge is 2.17. The van der Waals surface area contributed by atoms with Crippen molar-refractivity contribution in [3.63, 3.8) is 0 Å². The molecule has 2 aromatic rings. The molecule has 0 aliphatic rings. The van der Waals surface area contributed by atoms with Gasteiger partial charge in [-0.25, -0.2) is 4.98 Å². The molecule has 0 atom stereocenters. The molecular weight excluding hydrogens is 394 g/mol. The van der Waals surface area contributed by atoms with Gasteiger partial charge in [0.25, 0.3) is 5.91 Å². The van der Waals surface area contributed by atoms with Gasteiger partial charge in [-0.3, -0.25) is 4.79 Å². The van der Waals surface area contributed by atoms with Gasteiger partial charge >= 0.3 is 0 Å². The minimum Gasteiger partial charge on any atom is -0.355 e. The Bertz CT molecular complexity index is 801. The number of aryl methyl sites for hydroxylation is 1. The first kappa shape index (κ1) is 20.2. The molecule has 26 heavy (non-hydrogen) atoms. The molecule has 140 valence electrons. The van der Waals surface area contributed by atoms with Crippen LogP contribution in [0.15, 0.2) is 28.9 Å². The molecule has 2 N–H and O–H groups in total. The third-order valence-corrected chi connectivity index (χ3v) is 4.34. The fourth-order valence-corrected chi connectivity index (χ4v) is 2.87. The molecule has 1 heterocycles. The van der Waals surface area contributed by atoms with E-state index in [1.54, 1.807) is 19.3 Å². The highest BCUT2D eigenvalue weighted by Crippen LogP contribution is 2.28. The van der Waals surface area contributed by atoms with Gasteiger partial charge in [0.1, 0.15) is 5.82 Å². The van der Waals surface area contributed by atoms with E-state index in [0.717, 1.165) is 22.3 Å². The summed E-state index contributed by atoms with van der Waals surface area (Å²) in [5, 5.41) is 5.95. The molecule has 0 saturated heterocycles. The minimum atomic E-state index is -0.125. The van der Waals surface area contributed by atoms with Gasteiger partial charge in [-0.05, 0) is 46.0 Å². The number of hydrogen-bond donors (Lipinski definition) is 2. The minimum absolute atomic E-state index is 0.125. The van der Waals surface area contributed by atoms with E-state index >= 15 is 0 Å². The van der Waals surface area contributed by atoms with Crippen LogP contribution in [-0.4, -0.2) is 36.5 Å². The molecule has 7 heteroatoms. The van der Waals surface area contributed by atoms with Crippen molar-refractivity contribution in [2.75, 3.05) is 30.9 Å². The Hall–Kier alpha value is -2.15. The molecule has 0 spiro atoms. The summed E-state index contributed by atoms with van der Waals surface area (Å²) in [6.45, 7) is 9.34. The molecule has 0 fully saturated rings. The molecule has 0 bridgehead atoms. The SMILES string of the molecule is CNC(=O)c1ccc(C)c(Nc2nc(N(C)CC(C)(C)C)ncc2Br)c1. The van der Waals surface area contributed by atoms with Crippen molar-refractivity contribution in [3.8, 4) is 0 Å². The zero-order chi connectivity index (χ0) is 19.5. The van der Waals surface area contributed by atoms with E-state index in [2.05, 4.69) is 57.3 Å². The number of aromatic nitrogens is 2. The van der Waals surface area contributed by atoms with E-state index in [9.17, 15) is 4.79 Å². The molecule has 0 unspecified atom stereocenters. The summed E-state index contributed by atoms with van der Waals surface area (Å²) >= 11 is 3.50. The van der Waals surface area contributed by atoms with Crippen LogP contribution in [0, 0.1) is 12.3 Å². The Morgan fingerprint density at radius 1 is 1.31 bits per heavy atom. The number of nitrogens with zero attached hydrogens (tertiary/aromatic N) is 3. The lowest BCUT2D eigenvalue weighted by atomic mass is 9.96. The molecule has 1 amide bonds. The van der Waals surface area contributed by atoms with Gasteiger partial charge in [-0.2, -0.15) is 4.98 Å². The molecule has 1 aromatic carbocycles. The Balaban J connectivity index is 2.32. The molecule has 0 aliphatic carbocycles. The number of rotatable bonds is 5. The van der Waals surface area contributed by atoms with Gasteiger partial charge in [0.2, 0.25) is 5.95 Å². The molecule has 0 aliphatic heterocycles. The Labute approximate surface area is 163 Å². The van der Waals surface area contributed by atoms with Crippen molar-refractivity contribution in [1.82, 2.24) is 15.3 Å². The van der Waals surface area contributed by atoms with Gasteiger partial charge in [0, 0.05) is 38.1 Å². The summed E-state index contributed by atoms with van der Waals surface area (Å²) in [7, 11) is 3.60. The highest BCUT2D eigenvalue weighted by molar-refractivity contribution is 9.10.